The SMILES string of the molecule is CC(C)(C)OC(=O)N1CC(F)C[C@H](OC(=O)c2ccc([N+](=O)[O-])cc2)C1. The lowest BCUT2D eigenvalue weighted by Gasteiger charge is -2.35. The van der Waals surface area contributed by atoms with Crippen molar-refractivity contribution in [2.75, 3.05) is 13.1 Å². The van der Waals surface area contributed by atoms with Crippen molar-refractivity contribution in [3.63, 3.8) is 0 Å². The monoisotopic (exact) mass is 368 g/mol. The van der Waals surface area contributed by atoms with E-state index in [0.29, 0.717) is 0 Å². The number of benzene rings is 1. The molecule has 2 atom stereocenters. The largest absolute Gasteiger partial charge is 0.457 e. The van der Waals surface area contributed by atoms with Crippen LogP contribution >= 0.6 is 0 Å². The Bertz CT molecular complexity index is 685. The number of halogens is 1. The highest BCUT2D eigenvalue weighted by atomic mass is 19.1. The molecule has 1 amide bonds. The average Bonchev–Trinajstić information content (AvgIpc) is 2.52. The van der Waals surface area contributed by atoms with Gasteiger partial charge in [-0.15, -0.1) is 0 Å². The van der Waals surface area contributed by atoms with Crippen LogP contribution in [-0.4, -0.2) is 52.9 Å². The first-order chi connectivity index (χ1) is 12.0. The number of hydrogen-bond donors (Lipinski definition) is 0. The standard InChI is InChI=1S/C17H21FN2O6/c1-17(2,3)26-16(22)19-9-12(18)8-14(10-19)25-15(21)11-4-6-13(7-5-11)20(23)24/h4-7,12,14H,8-10H2,1-3H3/t12?,14-/m0/s1. The normalized spacial score (nSPS) is 20.4. The molecule has 9 heteroatoms. The fraction of sp³-hybridized carbons (Fsp3) is 0.529. The van der Waals surface area contributed by atoms with Gasteiger partial charge in [0, 0.05) is 18.6 Å². The summed E-state index contributed by atoms with van der Waals surface area (Å²) in [7, 11) is 0. The Hall–Kier alpha value is -2.71. The number of nitro benzene ring substituents is 1. The number of non-ortho nitro benzene ring substituents is 1. The van der Waals surface area contributed by atoms with Crippen LogP contribution < -0.4 is 0 Å². The molecule has 0 saturated carbocycles. The first-order valence-electron chi connectivity index (χ1n) is 8.12. The third-order valence-corrected chi connectivity index (χ3v) is 3.60. The Morgan fingerprint density at radius 1 is 1.23 bits per heavy atom. The minimum atomic E-state index is -1.34. The lowest BCUT2D eigenvalue weighted by Crippen LogP contribution is -2.50. The van der Waals surface area contributed by atoms with Crippen LogP contribution in [0, 0.1) is 10.1 Å². The van der Waals surface area contributed by atoms with E-state index < -0.39 is 34.9 Å². The van der Waals surface area contributed by atoms with Crippen molar-refractivity contribution in [1.29, 1.82) is 0 Å². The summed E-state index contributed by atoms with van der Waals surface area (Å²) in [4.78, 5) is 35.5. The van der Waals surface area contributed by atoms with Crippen LogP contribution in [0.5, 0.6) is 0 Å². The van der Waals surface area contributed by atoms with E-state index in [1.54, 1.807) is 20.8 Å². The maximum absolute atomic E-state index is 14.0. The Morgan fingerprint density at radius 3 is 2.38 bits per heavy atom. The van der Waals surface area contributed by atoms with Crippen molar-refractivity contribution in [1.82, 2.24) is 4.90 Å². The summed E-state index contributed by atoms with van der Waals surface area (Å²) < 4.78 is 24.4. The highest BCUT2D eigenvalue weighted by Crippen LogP contribution is 2.21. The summed E-state index contributed by atoms with van der Waals surface area (Å²) in [5.41, 5.74) is -0.759. The number of hydrogen-bond acceptors (Lipinski definition) is 6. The number of rotatable bonds is 3. The number of nitro groups is 1. The quantitative estimate of drug-likeness (QED) is 0.462. The van der Waals surface area contributed by atoms with Crippen molar-refractivity contribution < 1.29 is 28.4 Å². The number of alkyl halides is 1. The number of amides is 1. The third kappa shape index (κ3) is 5.40. The molecule has 0 aliphatic carbocycles. The van der Waals surface area contributed by atoms with Gasteiger partial charge in [0.1, 0.15) is 17.9 Å². The smallest absolute Gasteiger partial charge is 0.410 e. The van der Waals surface area contributed by atoms with E-state index in [4.69, 9.17) is 9.47 Å². The van der Waals surface area contributed by atoms with Crippen LogP contribution in [0.3, 0.4) is 0 Å². The van der Waals surface area contributed by atoms with Gasteiger partial charge in [0.2, 0.25) is 0 Å². The molecule has 1 aromatic rings. The Balaban J connectivity index is 2.00. The molecule has 1 unspecified atom stereocenters. The summed E-state index contributed by atoms with van der Waals surface area (Å²) >= 11 is 0. The van der Waals surface area contributed by atoms with E-state index >= 15 is 0 Å². The maximum Gasteiger partial charge on any atom is 0.410 e. The van der Waals surface area contributed by atoms with Gasteiger partial charge in [0.25, 0.3) is 5.69 Å². The average molecular weight is 368 g/mol. The van der Waals surface area contributed by atoms with Gasteiger partial charge in [-0.1, -0.05) is 0 Å². The maximum atomic E-state index is 14.0. The molecule has 0 radical (unpaired) electrons. The van der Waals surface area contributed by atoms with E-state index in [0.717, 1.165) is 0 Å². The zero-order valence-electron chi connectivity index (χ0n) is 14.8. The zero-order valence-corrected chi connectivity index (χ0v) is 14.8. The van der Waals surface area contributed by atoms with Crippen LogP contribution in [0.15, 0.2) is 24.3 Å². The molecule has 0 bridgehead atoms. The molecule has 1 fully saturated rings. The van der Waals surface area contributed by atoms with Crippen LogP contribution in [0.1, 0.15) is 37.6 Å². The van der Waals surface area contributed by atoms with Gasteiger partial charge in [0.05, 0.1) is 23.6 Å². The van der Waals surface area contributed by atoms with Gasteiger partial charge in [-0.05, 0) is 32.9 Å². The number of nitrogens with zero attached hydrogens (tertiary/aromatic N) is 2. The van der Waals surface area contributed by atoms with Gasteiger partial charge >= 0.3 is 12.1 Å². The second-order valence-corrected chi connectivity index (χ2v) is 7.05. The summed E-state index contributed by atoms with van der Waals surface area (Å²) in [5.74, 6) is -0.733. The Kier molecular flexibility index (Phi) is 5.79. The second kappa shape index (κ2) is 7.67. The van der Waals surface area contributed by atoms with Crippen molar-refractivity contribution in [3.05, 3.63) is 39.9 Å². The molecule has 1 aliphatic heterocycles. The van der Waals surface area contributed by atoms with Gasteiger partial charge < -0.3 is 14.4 Å². The molecule has 0 aromatic heterocycles. The minimum Gasteiger partial charge on any atom is -0.457 e. The summed E-state index contributed by atoms with van der Waals surface area (Å²) in [6, 6.07) is 4.90. The predicted octanol–water partition coefficient (Wildman–Crippen LogP) is 3.10. The van der Waals surface area contributed by atoms with E-state index in [-0.39, 0.29) is 30.8 Å². The first kappa shape index (κ1) is 19.6. The number of esters is 1. The number of likely N-dealkylation sites (tertiary alicyclic amines) is 1. The summed E-state index contributed by atoms with van der Waals surface area (Å²) in [5, 5.41) is 10.6. The van der Waals surface area contributed by atoms with E-state index in [1.165, 1.54) is 29.2 Å². The third-order valence-electron chi connectivity index (χ3n) is 3.60. The van der Waals surface area contributed by atoms with Crippen molar-refractivity contribution in [2.24, 2.45) is 0 Å². The molecule has 142 valence electrons. The van der Waals surface area contributed by atoms with Gasteiger partial charge in [0.15, 0.2) is 0 Å². The van der Waals surface area contributed by atoms with Gasteiger partial charge in [-0.2, -0.15) is 0 Å². The molecular weight excluding hydrogens is 347 g/mol. The highest BCUT2D eigenvalue weighted by molar-refractivity contribution is 5.89. The van der Waals surface area contributed by atoms with Crippen LogP contribution in [0.2, 0.25) is 0 Å². The first-order valence-corrected chi connectivity index (χ1v) is 8.12. The fourth-order valence-electron chi connectivity index (χ4n) is 2.49. The van der Waals surface area contributed by atoms with Gasteiger partial charge in [-0.25, -0.2) is 14.0 Å². The van der Waals surface area contributed by atoms with Crippen LogP contribution in [-0.2, 0) is 9.47 Å². The van der Waals surface area contributed by atoms with Gasteiger partial charge in [-0.3, -0.25) is 10.1 Å². The Labute approximate surface area is 150 Å². The van der Waals surface area contributed by atoms with Crippen LogP contribution in [0.4, 0.5) is 14.9 Å². The number of piperidine rings is 1. The highest BCUT2D eigenvalue weighted by Gasteiger charge is 2.34. The lowest BCUT2D eigenvalue weighted by molar-refractivity contribution is -0.384. The molecular formula is C17H21FN2O6. The molecule has 26 heavy (non-hydrogen) atoms. The van der Waals surface area contributed by atoms with Crippen molar-refractivity contribution >= 4 is 17.7 Å². The molecule has 0 spiro atoms. The molecule has 1 aromatic carbocycles. The van der Waals surface area contributed by atoms with E-state index in [1.807, 2.05) is 0 Å². The topological polar surface area (TPSA) is 99.0 Å². The molecule has 1 heterocycles. The number of carbonyl (C=O) groups is 2. The molecule has 1 saturated heterocycles. The summed E-state index contributed by atoms with van der Waals surface area (Å²) in [6.07, 6.45) is -2.87. The number of ether oxygens (including phenoxy) is 2. The molecule has 0 N–H and O–H groups in total. The van der Waals surface area contributed by atoms with E-state index in [9.17, 15) is 24.1 Å². The minimum absolute atomic E-state index is 0.0219. The lowest BCUT2D eigenvalue weighted by atomic mass is 10.1. The molecule has 8 nitrogen and oxygen atoms in total. The predicted molar refractivity (Wildman–Crippen MR) is 89.6 cm³/mol. The number of carbonyl (C=O) groups excluding carboxylic acids is 2. The molecule has 2 rings (SSSR count). The second-order valence-electron chi connectivity index (χ2n) is 7.05. The van der Waals surface area contributed by atoms with E-state index in [2.05, 4.69) is 0 Å². The molecule has 1 aliphatic rings. The fourth-order valence-corrected chi connectivity index (χ4v) is 2.49. The van der Waals surface area contributed by atoms with Crippen molar-refractivity contribution in [3.8, 4) is 0 Å². The van der Waals surface area contributed by atoms with Crippen LogP contribution in [0.25, 0.3) is 0 Å². The zero-order chi connectivity index (χ0) is 19.5. The Morgan fingerprint density at radius 2 is 1.85 bits per heavy atom. The van der Waals surface area contributed by atoms with Crippen molar-refractivity contribution in [2.45, 2.75) is 45.1 Å². The summed E-state index contributed by atoms with van der Waals surface area (Å²) in [6.45, 7) is 5.00.